The highest BCUT2D eigenvalue weighted by Crippen LogP contribution is 2.13. The lowest BCUT2D eigenvalue weighted by Crippen LogP contribution is -2.17. The van der Waals surface area contributed by atoms with Gasteiger partial charge >= 0.3 is 0 Å². The molecule has 0 radical (unpaired) electrons. The predicted molar refractivity (Wildman–Crippen MR) is 83.8 cm³/mol. The molecule has 0 saturated heterocycles. The van der Waals surface area contributed by atoms with Crippen molar-refractivity contribution in [2.24, 2.45) is 0 Å². The van der Waals surface area contributed by atoms with Gasteiger partial charge in [0, 0.05) is 14.1 Å². The molecular formula is C14H18N4O2S. The first-order chi connectivity index (χ1) is 9.85. The number of nitrogens with one attached hydrogen (secondary N) is 1. The second-order valence-corrected chi connectivity index (χ2v) is 6.74. The van der Waals surface area contributed by atoms with Crippen LogP contribution in [0.1, 0.15) is 11.1 Å². The van der Waals surface area contributed by atoms with Gasteiger partial charge in [-0.1, -0.05) is 29.8 Å². The van der Waals surface area contributed by atoms with Crippen LogP contribution in [0, 0.1) is 6.92 Å². The summed E-state index contributed by atoms with van der Waals surface area (Å²) >= 11 is 0. The monoisotopic (exact) mass is 306 g/mol. The van der Waals surface area contributed by atoms with Crippen LogP contribution in [-0.4, -0.2) is 32.5 Å². The van der Waals surface area contributed by atoms with Crippen molar-refractivity contribution < 1.29 is 8.42 Å². The first kappa shape index (κ1) is 15.2. The van der Waals surface area contributed by atoms with E-state index in [4.69, 9.17) is 0 Å². The first-order valence-corrected chi connectivity index (χ1v) is 8.06. The maximum absolute atomic E-state index is 12.1. The average molecular weight is 306 g/mol. The molecule has 21 heavy (non-hydrogen) atoms. The molecule has 0 unspecified atom stereocenters. The molecule has 2 rings (SSSR count). The van der Waals surface area contributed by atoms with E-state index in [9.17, 15) is 8.42 Å². The molecule has 0 atom stereocenters. The minimum atomic E-state index is -3.48. The molecule has 1 N–H and O–H groups in total. The number of nitrogens with zero attached hydrogens (tertiary/aromatic N) is 3. The van der Waals surface area contributed by atoms with Crippen molar-refractivity contribution >= 4 is 21.7 Å². The van der Waals surface area contributed by atoms with E-state index in [0.717, 1.165) is 11.1 Å². The number of aromatic nitrogens is 2. The van der Waals surface area contributed by atoms with Crippen molar-refractivity contribution in [3.8, 4) is 0 Å². The van der Waals surface area contributed by atoms with E-state index < -0.39 is 10.0 Å². The normalized spacial score (nSPS) is 11.2. The van der Waals surface area contributed by atoms with Gasteiger partial charge in [-0.05, 0) is 12.5 Å². The quantitative estimate of drug-likeness (QED) is 0.911. The molecular weight excluding hydrogens is 288 g/mol. The fourth-order valence-electron chi connectivity index (χ4n) is 1.84. The van der Waals surface area contributed by atoms with Gasteiger partial charge in [0.15, 0.2) is 0 Å². The van der Waals surface area contributed by atoms with E-state index in [1.165, 1.54) is 12.4 Å². The Balaban J connectivity index is 2.10. The number of rotatable bonds is 5. The second-order valence-electron chi connectivity index (χ2n) is 5.02. The largest absolute Gasteiger partial charge is 0.347 e. The molecule has 0 amide bonds. The number of benzene rings is 1. The second kappa shape index (κ2) is 6.09. The van der Waals surface area contributed by atoms with Gasteiger partial charge in [-0.15, -0.1) is 0 Å². The smallest absolute Gasteiger partial charge is 0.237 e. The molecule has 0 aliphatic rings. The number of hydrogen-bond donors (Lipinski definition) is 1. The van der Waals surface area contributed by atoms with Gasteiger partial charge in [0.1, 0.15) is 0 Å². The Morgan fingerprint density at radius 1 is 1.19 bits per heavy atom. The SMILES string of the molecule is Cc1cccc(CS(=O)(=O)Nc2cnc(N(C)C)nc2)c1. The van der Waals surface area contributed by atoms with E-state index in [0.29, 0.717) is 11.6 Å². The Morgan fingerprint density at radius 2 is 1.86 bits per heavy atom. The Bertz CT molecular complexity index is 712. The predicted octanol–water partition coefficient (Wildman–Crippen LogP) is 1.79. The zero-order valence-electron chi connectivity index (χ0n) is 12.2. The van der Waals surface area contributed by atoms with Gasteiger partial charge in [0.2, 0.25) is 16.0 Å². The zero-order valence-corrected chi connectivity index (χ0v) is 13.1. The van der Waals surface area contributed by atoms with Crippen molar-refractivity contribution in [2.45, 2.75) is 12.7 Å². The van der Waals surface area contributed by atoms with E-state index in [1.54, 1.807) is 11.0 Å². The molecule has 2 aromatic rings. The third kappa shape index (κ3) is 4.42. The van der Waals surface area contributed by atoms with Crippen LogP contribution >= 0.6 is 0 Å². The van der Waals surface area contributed by atoms with Crippen LogP contribution in [0.4, 0.5) is 11.6 Å². The lowest BCUT2D eigenvalue weighted by molar-refractivity contribution is 0.600. The standard InChI is InChI=1S/C14H18N4O2S/c1-11-5-4-6-12(7-11)10-21(19,20)17-13-8-15-14(16-9-13)18(2)3/h4-9,17H,10H2,1-3H3. The molecule has 0 aliphatic heterocycles. The molecule has 7 heteroatoms. The molecule has 0 spiro atoms. The number of sulfonamides is 1. The molecule has 0 aliphatic carbocycles. The van der Waals surface area contributed by atoms with E-state index in [2.05, 4.69) is 14.7 Å². The summed E-state index contributed by atoms with van der Waals surface area (Å²) in [5, 5.41) is 0. The van der Waals surface area contributed by atoms with Crippen LogP contribution in [0.25, 0.3) is 0 Å². The Morgan fingerprint density at radius 3 is 2.43 bits per heavy atom. The highest BCUT2D eigenvalue weighted by molar-refractivity contribution is 7.91. The van der Waals surface area contributed by atoms with Crippen LogP contribution in [-0.2, 0) is 15.8 Å². The van der Waals surface area contributed by atoms with Crippen molar-refractivity contribution in [3.63, 3.8) is 0 Å². The molecule has 112 valence electrons. The molecule has 1 aromatic heterocycles. The Labute approximate surface area is 124 Å². The van der Waals surface area contributed by atoms with Crippen molar-refractivity contribution in [1.82, 2.24) is 9.97 Å². The minimum Gasteiger partial charge on any atom is -0.347 e. The van der Waals surface area contributed by atoms with Crippen LogP contribution < -0.4 is 9.62 Å². The van der Waals surface area contributed by atoms with Gasteiger partial charge in [0.05, 0.1) is 23.8 Å². The highest BCUT2D eigenvalue weighted by Gasteiger charge is 2.12. The maximum atomic E-state index is 12.1. The fraction of sp³-hybridized carbons (Fsp3) is 0.286. The molecule has 0 bridgehead atoms. The highest BCUT2D eigenvalue weighted by atomic mass is 32.2. The van der Waals surface area contributed by atoms with Gasteiger partial charge in [-0.2, -0.15) is 0 Å². The maximum Gasteiger partial charge on any atom is 0.237 e. The van der Waals surface area contributed by atoms with Gasteiger partial charge in [-0.25, -0.2) is 18.4 Å². The zero-order chi connectivity index (χ0) is 15.5. The average Bonchev–Trinajstić information content (AvgIpc) is 2.38. The van der Waals surface area contributed by atoms with Crippen molar-refractivity contribution in [1.29, 1.82) is 0 Å². The number of hydrogen-bond acceptors (Lipinski definition) is 5. The summed E-state index contributed by atoms with van der Waals surface area (Å²) in [6, 6.07) is 7.41. The summed E-state index contributed by atoms with van der Waals surface area (Å²) in [6.07, 6.45) is 2.91. The third-order valence-electron chi connectivity index (χ3n) is 2.75. The van der Waals surface area contributed by atoms with Crippen LogP contribution in [0.2, 0.25) is 0 Å². The summed E-state index contributed by atoms with van der Waals surface area (Å²) in [7, 11) is 0.152. The summed E-state index contributed by atoms with van der Waals surface area (Å²) in [5.41, 5.74) is 2.13. The van der Waals surface area contributed by atoms with E-state index in [-0.39, 0.29) is 5.75 Å². The van der Waals surface area contributed by atoms with Crippen molar-refractivity contribution in [2.75, 3.05) is 23.7 Å². The summed E-state index contributed by atoms with van der Waals surface area (Å²) in [4.78, 5) is 9.88. The van der Waals surface area contributed by atoms with Crippen LogP contribution in [0.5, 0.6) is 0 Å². The first-order valence-electron chi connectivity index (χ1n) is 6.41. The van der Waals surface area contributed by atoms with Gasteiger partial charge < -0.3 is 4.90 Å². The summed E-state index contributed by atoms with van der Waals surface area (Å²) in [5.74, 6) is 0.445. The van der Waals surface area contributed by atoms with Crippen molar-refractivity contribution in [3.05, 3.63) is 47.8 Å². The van der Waals surface area contributed by atoms with E-state index >= 15 is 0 Å². The molecule has 1 heterocycles. The third-order valence-corrected chi connectivity index (χ3v) is 4.01. The van der Waals surface area contributed by atoms with Gasteiger partial charge in [0.25, 0.3) is 0 Å². The Hall–Kier alpha value is -2.15. The molecule has 6 nitrogen and oxygen atoms in total. The number of anilines is 2. The topological polar surface area (TPSA) is 75.2 Å². The Kier molecular flexibility index (Phi) is 4.42. The summed E-state index contributed by atoms with van der Waals surface area (Å²) in [6.45, 7) is 1.93. The lowest BCUT2D eigenvalue weighted by Gasteiger charge is -2.11. The molecule has 0 fully saturated rings. The van der Waals surface area contributed by atoms with Crippen LogP contribution in [0.15, 0.2) is 36.7 Å². The molecule has 0 saturated carbocycles. The lowest BCUT2D eigenvalue weighted by atomic mass is 10.2. The van der Waals surface area contributed by atoms with Crippen LogP contribution in [0.3, 0.4) is 0 Å². The van der Waals surface area contributed by atoms with E-state index in [1.807, 2.05) is 39.2 Å². The summed E-state index contributed by atoms with van der Waals surface area (Å²) < 4.78 is 26.7. The molecule has 1 aromatic carbocycles. The van der Waals surface area contributed by atoms with Gasteiger partial charge in [-0.3, -0.25) is 4.72 Å². The fourth-order valence-corrected chi connectivity index (χ4v) is 3.00. The minimum absolute atomic E-state index is 0.0793. The number of aryl methyl sites for hydroxylation is 1.